The third-order valence-electron chi connectivity index (χ3n) is 7.04. The maximum absolute atomic E-state index is 12.2. The summed E-state index contributed by atoms with van der Waals surface area (Å²) >= 11 is 0. The minimum Gasteiger partial charge on any atom is -0.355 e. The van der Waals surface area contributed by atoms with Crippen LogP contribution < -0.4 is 5.32 Å². The number of H-pyrrole nitrogens is 1. The lowest BCUT2D eigenvalue weighted by Gasteiger charge is -2.20. The van der Waals surface area contributed by atoms with Crippen molar-refractivity contribution in [3.05, 3.63) is 89.5 Å². The summed E-state index contributed by atoms with van der Waals surface area (Å²) in [6, 6.07) is 25.4. The van der Waals surface area contributed by atoms with E-state index in [0.717, 1.165) is 41.1 Å². The van der Waals surface area contributed by atoms with Gasteiger partial charge in [-0.1, -0.05) is 49.4 Å². The van der Waals surface area contributed by atoms with Crippen molar-refractivity contribution in [2.24, 2.45) is 4.99 Å². The highest BCUT2D eigenvalue weighted by Crippen LogP contribution is 2.34. The molecule has 1 aromatic heterocycles. The molecule has 1 unspecified atom stereocenters. The summed E-state index contributed by atoms with van der Waals surface area (Å²) in [6.45, 7) is 5.73. The number of carbonyl (C=O) groups is 1. The van der Waals surface area contributed by atoms with Crippen molar-refractivity contribution in [1.29, 1.82) is 0 Å². The molecule has 0 aliphatic heterocycles. The molecule has 0 spiro atoms. The zero-order valence-electron chi connectivity index (χ0n) is 23.4. The lowest BCUT2D eigenvalue weighted by molar-refractivity contribution is 0.224. The maximum atomic E-state index is 12.2. The van der Waals surface area contributed by atoms with E-state index in [0.29, 0.717) is 6.54 Å². The second-order valence-corrected chi connectivity index (χ2v) is 10.0. The van der Waals surface area contributed by atoms with Gasteiger partial charge in [-0.05, 0) is 80.0 Å². The molecule has 1 atom stereocenters. The molecular weight excluding hydrogens is 470 g/mol. The van der Waals surface area contributed by atoms with Crippen molar-refractivity contribution < 1.29 is 4.79 Å². The first-order chi connectivity index (χ1) is 18.3. The van der Waals surface area contributed by atoms with Crippen molar-refractivity contribution in [2.45, 2.75) is 32.7 Å². The molecule has 0 bridgehead atoms. The monoisotopic (exact) mass is 509 g/mol. The molecule has 0 saturated heterocycles. The molecular formula is C32H39N5O. The fourth-order valence-corrected chi connectivity index (χ4v) is 4.97. The summed E-state index contributed by atoms with van der Waals surface area (Å²) in [5.41, 5.74) is 8.87. The Morgan fingerprint density at radius 3 is 2.37 bits per heavy atom. The Bertz CT molecular complexity index is 1420. The SMILES string of the molecule is CCC(C(=NC)c1ccc(NC(=O)N(C)CC)cc1)c1cccc2[nH]c(-c3cccc(CN(C)C)c3)cc12. The smallest absolute Gasteiger partial charge is 0.321 e. The predicted octanol–water partition coefficient (Wildman–Crippen LogP) is 6.99. The van der Waals surface area contributed by atoms with E-state index in [9.17, 15) is 4.79 Å². The van der Waals surface area contributed by atoms with E-state index < -0.39 is 0 Å². The lowest BCUT2D eigenvalue weighted by atomic mass is 9.86. The number of nitrogens with zero attached hydrogens (tertiary/aromatic N) is 3. The highest BCUT2D eigenvalue weighted by molar-refractivity contribution is 6.07. The lowest BCUT2D eigenvalue weighted by Crippen LogP contribution is -2.30. The minimum atomic E-state index is -0.113. The normalized spacial score (nSPS) is 12.7. The topological polar surface area (TPSA) is 63.7 Å². The Morgan fingerprint density at radius 2 is 1.71 bits per heavy atom. The van der Waals surface area contributed by atoms with Gasteiger partial charge in [0.05, 0.1) is 0 Å². The van der Waals surface area contributed by atoms with E-state index in [1.807, 2.05) is 38.2 Å². The number of aliphatic imine (C=N–C) groups is 1. The molecule has 0 saturated carbocycles. The summed E-state index contributed by atoms with van der Waals surface area (Å²) in [6.07, 6.45) is 0.921. The van der Waals surface area contributed by atoms with E-state index in [1.165, 1.54) is 22.1 Å². The number of rotatable bonds is 9. The van der Waals surface area contributed by atoms with Crippen LogP contribution in [-0.4, -0.2) is 61.3 Å². The van der Waals surface area contributed by atoms with Crippen molar-refractivity contribution in [3.63, 3.8) is 0 Å². The molecule has 0 aliphatic carbocycles. The van der Waals surface area contributed by atoms with Gasteiger partial charge in [-0.3, -0.25) is 4.99 Å². The van der Waals surface area contributed by atoms with Gasteiger partial charge >= 0.3 is 6.03 Å². The van der Waals surface area contributed by atoms with Crippen molar-refractivity contribution in [3.8, 4) is 11.3 Å². The number of anilines is 1. The quantitative estimate of drug-likeness (QED) is 0.239. The van der Waals surface area contributed by atoms with E-state index in [2.05, 4.69) is 84.8 Å². The summed E-state index contributed by atoms with van der Waals surface area (Å²) in [7, 11) is 7.83. The first kappa shape index (κ1) is 27.1. The van der Waals surface area contributed by atoms with Crippen LogP contribution in [0.5, 0.6) is 0 Å². The zero-order chi connectivity index (χ0) is 27.2. The molecule has 2 N–H and O–H groups in total. The van der Waals surface area contributed by atoms with Gasteiger partial charge in [0.2, 0.25) is 0 Å². The standard InChI is InChI=1S/C32H39N5O/c1-7-26(31(33-3)23-15-17-25(18-16-23)34-32(38)37(6)8-2)27-13-10-14-29-28(27)20-30(35-29)24-12-9-11-22(19-24)21-36(4)5/h9-20,26,35H,7-8,21H2,1-6H3,(H,34,38). The van der Waals surface area contributed by atoms with Gasteiger partial charge in [0.25, 0.3) is 0 Å². The van der Waals surface area contributed by atoms with Gasteiger partial charge in [-0.2, -0.15) is 0 Å². The first-order valence-corrected chi connectivity index (χ1v) is 13.3. The second kappa shape index (κ2) is 12.1. The molecule has 1 heterocycles. The Hall–Kier alpha value is -3.90. The number of hydrogen-bond donors (Lipinski definition) is 2. The molecule has 2 amide bonds. The fourth-order valence-electron chi connectivity index (χ4n) is 4.97. The molecule has 3 aromatic carbocycles. The molecule has 6 nitrogen and oxygen atoms in total. The molecule has 198 valence electrons. The summed E-state index contributed by atoms with van der Waals surface area (Å²) < 4.78 is 0. The summed E-state index contributed by atoms with van der Waals surface area (Å²) in [5.74, 6) is 0.138. The number of hydrogen-bond acceptors (Lipinski definition) is 3. The van der Waals surface area contributed by atoms with Gasteiger partial charge in [0, 0.05) is 61.1 Å². The van der Waals surface area contributed by atoms with Crippen LogP contribution in [-0.2, 0) is 6.54 Å². The van der Waals surface area contributed by atoms with Gasteiger partial charge in [-0.25, -0.2) is 4.79 Å². The van der Waals surface area contributed by atoms with Crippen LogP contribution in [0.3, 0.4) is 0 Å². The van der Waals surface area contributed by atoms with E-state index in [4.69, 9.17) is 4.99 Å². The number of fused-ring (bicyclic) bond motifs is 1. The Morgan fingerprint density at radius 1 is 0.974 bits per heavy atom. The number of urea groups is 1. The largest absolute Gasteiger partial charge is 0.355 e. The summed E-state index contributed by atoms with van der Waals surface area (Å²) in [5, 5.41) is 4.17. The Kier molecular flexibility index (Phi) is 8.64. The van der Waals surface area contributed by atoms with Crippen LogP contribution in [0.4, 0.5) is 10.5 Å². The minimum absolute atomic E-state index is 0.113. The average Bonchev–Trinajstić information content (AvgIpc) is 3.36. The number of amides is 2. The third-order valence-corrected chi connectivity index (χ3v) is 7.04. The predicted molar refractivity (Wildman–Crippen MR) is 160 cm³/mol. The van der Waals surface area contributed by atoms with Crippen LogP contribution in [0, 0.1) is 0 Å². The van der Waals surface area contributed by atoms with Gasteiger partial charge in [-0.15, -0.1) is 0 Å². The van der Waals surface area contributed by atoms with Crippen LogP contribution in [0.25, 0.3) is 22.2 Å². The number of aromatic amines is 1. The number of benzene rings is 3. The molecule has 4 aromatic rings. The zero-order valence-corrected chi connectivity index (χ0v) is 23.4. The molecule has 0 radical (unpaired) electrons. The molecule has 0 aliphatic rings. The van der Waals surface area contributed by atoms with E-state index >= 15 is 0 Å². The average molecular weight is 510 g/mol. The van der Waals surface area contributed by atoms with E-state index in [-0.39, 0.29) is 11.9 Å². The Balaban J connectivity index is 1.65. The van der Waals surface area contributed by atoms with Crippen molar-refractivity contribution in [1.82, 2.24) is 14.8 Å². The van der Waals surface area contributed by atoms with Crippen molar-refractivity contribution in [2.75, 3.05) is 40.1 Å². The van der Waals surface area contributed by atoms with Crippen LogP contribution in [0.1, 0.15) is 42.9 Å². The second-order valence-electron chi connectivity index (χ2n) is 10.0. The van der Waals surface area contributed by atoms with Crippen LogP contribution in [0.2, 0.25) is 0 Å². The molecule has 38 heavy (non-hydrogen) atoms. The number of aromatic nitrogens is 1. The highest BCUT2D eigenvalue weighted by atomic mass is 16.2. The number of nitrogens with one attached hydrogen (secondary N) is 2. The third kappa shape index (κ3) is 5.97. The van der Waals surface area contributed by atoms with Crippen LogP contribution in [0.15, 0.2) is 77.8 Å². The maximum Gasteiger partial charge on any atom is 0.321 e. The van der Waals surface area contributed by atoms with Gasteiger partial charge < -0.3 is 20.1 Å². The summed E-state index contributed by atoms with van der Waals surface area (Å²) in [4.78, 5) is 24.5. The number of carbonyl (C=O) groups excluding carboxylic acids is 1. The molecule has 4 rings (SSSR count). The van der Waals surface area contributed by atoms with Crippen LogP contribution >= 0.6 is 0 Å². The van der Waals surface area contributed by atoms with Gasteiger partial charge in [0.15, 0.2) is 0 Å². The van der Waals surface area contributed by atoms with Gasteiger partial charge in [0.1, 0.15) is 0 Å². The highest BCUT2D eigenvalue weighted by Gasteiger charge is 2.21. The molecule has 6 heteroatoms. The Labute approximate surface area is 226 Å². The molecule has 0 fully saturated rings. The fraction of sp³-hybridized carbons (Fsp3) is 0.312. The van der Waals surface area contributed by atoms with Crippen molar-refractivity contribution >= 4 is 28.3 Å². The van der Waals surface area contributed by atoms with E-state index in [1.54, 1.807) is 11.9 Å². The first-order valence-electron chi connectivity index (χ1n) is 13.3.